The van der Waals surface area contributed by atoms with Gasteiger partial charge < -0.3 is 15.7 Å². The number of rotatable bonds is 5. The Morgan fingerprint density at radius 1 is 1.29 bits per heavy atom. The van der Waals surface area contributed by atoms with Gasteiger partial charge >= 0.3 is 12.0 Å². The molecule has 0 bridgehead atoms. The second kappa shape index (κ2) is 6.11. The van der Waals surface area contributed by atoms with Crippen molar-refractivity contribution in [2.75, 3.05) is 0 Å². The van der Waals surface area contributed by atoms with Crippen LogP contribution in [0.5, 0.6) is 0 Å². The summed E-state index contributed by atoms with van der Waals surface area (Å²) in [6.45, 7) is 8.75. The van der Waals surface area contributed by atoms with E-state index in [2.05, 4.69) is 15.6 Å². The minimum atomic E-state index is -1.09. The number of urea groups is 1. The first-order chi connectivity index (χ1) is 9.58. The Bertz CT molecular complexity index is 539. The summed E-state index contributed by atoms with van der Waals surface area (Å²) in [6.07, 6.45) is 1.67. The predicted molar refractivity (Wildman–Crippen MR) is 79.8 cm³/mol. The second-order valence-corrected chi connectivity index (χ2v) is 6.13. The largest absolute Gasteiger partial charge is 0.481 e. The lowest BCUT2D eigenvalue weighted by Crippen LogP contribution is -2.58. The van der Waals surface area contributed by atoms with Crippen molar-refractivity contribution < 1.29 is 14.7 Å². The molecule has 1 rings (SSSR count). The summed E-state index contributed by atoms with van der Waals surface area (Å²) >= 11 is 0. The van der Waals surface area contributed by atoms with Gasteiger partial charge in [-0.25, -0.2) is 4.79 Å². The third-order valence-corrected chi connectivity index (χ3v) is 4.06. The lowest BCUT2D eigenvalue weighted by atomic mass is 9.74. The molecule has 2 amide bonds. The molecule has 0 aliphatic carbocycles. The van der Waals surface area contributed by atoms with Crippen molar-refractivity contribution in [1.82, 2.24) is 15.6 Å². The van der Waals surface area contributed by atoms with E-state index < -0.39 is 23.0 Å². The standard InChI is InChI=1S/C15H23N3O3/c1-10-7-6-8-16-11(10)9-17-13(21)18-15(4,5)14(2,3)12(19)20/h6-8H,9H2,1-5H3,(H,19,20)(H2,17,18,21). The van der Waals surface area contributed by atoms with E-state index in [0.717, 1.165) is 11.3 Å². The molecule has 0 saturated carbocycles. The monoisotopic (exact) mass is 293 g/mol. The number of carboxylic acid groups (broad SMARTS) is 1. The average molecular weight is 293 g/mol. The molecular formula is C15H23N3O3. The zero-order valence-electron chi connectivity index (χ0n) is 13.2. The fourth-order valence-electron chi connectivity index (χ4n) is 1.62. The molecule has 0 unspecified atom stereocenters. The van der Waals surface area contributed by atoms with Crippen molar-refractivity contribution in [2.45, 2.75) is 46.7 Å². The van der Waals surface area contributed by atoms with Crippen LogP contribution in [0.4, 0.5) is 4.79 Å². The molecule has 0 radical (unpaired) electrons. The number of amides is 2. The summed E-state index contributed by atoms with van der Waals surface area (Å²) in [4.78, 5) is 27.4. The highest BCUT2D eigenvalue weighted by atomic mass is 16.4. The van der Waals surface area contributed by atoms with Gasteiger partial charge in [0.05, 0.1) is 23.2 Å². The van der Waals surface area contributed by atoms with Crippen molar-refractivity contribution in [2.24, 2.45) is 5.41 Å². The van der Waals surface area contributed by atoms with Crippen molar-refractivity contribution in [1.29, 1.82) is 0 Å². The maximum atomic E-state index is 12.0. The summed E-state index contributed by atoms with van der Waals surface area (Å²) < 4.78 is 0. The smallest absolute Gasteiger partial charge is 0.315 e. The highest BCUT2D eigenvalue weighted by molar-refractivity contribution is 5.79. The fourth-order valence-corrected chi connectivity index (χ4v) is 1.62. The molecule has 1 aromatic rings. The van der Waals surface area contributed by atoms with Crippen LogP contribution >= 0.6 is 0 Å². The number of aromatic nitrogens is 1. The Balaban J connectivity index is 2.66. The van der Waals surface area contributed by atoms with E-state index in [9.17, 15) is 14.7 Å². The van der Waals surface area contributed by atoms with Crippen LogP contribution in [0.2, 0.25) is 0 Å². The number of nitrogens with zero attached hydrogens (tertiary/aromatic N) is 1. The zero-order chi connectivity index (χ0) is 16.3. The highest BCUT2D eigenvalue weighted by Gasteiger charge is 2.44. The van der Waals surface area contributed by atoms with Gasteiger partial charge in [0.25, 0.3) is 0 Å². The van der Waals surface area contributed by atoms with E-state index in [0.29, 0.717) is 6.54 Å². The molecule has 0 saturated heterocycles. The number of hydrogen-bond acceptors (Lipinski definition) is 3. The van der Waals surface area contributed by atoms with Gasteiger partial charge in [0.2, 0.25) is 0 Å². The molecule has 1 aromatic heterocycles. The fraction of sp³-hybridized carbons (Fsp3) is 0.533. The summed E-state index contributed by atoms with van der Waals surface area (Å²) in [5.41, 5.74) is -0.223. The molecule has 6 nitrogen and oxygen atoms in total. The summed E-state index contributed by atoms with van der Waals surface area (Å²) in [7, 11) is 0. The van der Waals surface area contributed by atoms with E-state index in [1.165, 1.54) is 0 Å². The van der Waals surface area contributed by atoms with Crippen molar-refractivity contribution >= 4 is 12.0 Å². The van der Waals surface area contributed by atoms with Crippen LogP contribution in [-0.4, -0.2) is 27.6 Å². The Hall–Kier alpha value is -2.11. The van der Waals surface area contributed by atoms with Gasteiger partial charge in [0.1, 0.15) is 0 Å². The number of aryl methyl sites for hydroxylation is 1. The van der Waals surface area contributed by atoms with Crippen LogP contribution in [0.25, 0.3) is 0 Å². The molecule has 116 valence electrons. The number of carboxylic acids is 1. The number of nitrogens with one attached hydrogen (secondary N) is 2. The SMILES string of the molecule is Cc1cccnc1CNC(=O)NC(C)(C)C(C)(C)C(=O)O. The van der Waals surface area contributed by atoms with Crippen LogP contribution in [0.3, 0.4) is 0 Å². The first kappa shape index (κ1) is 16.9. The number of carbonyl (C=O) groups is 2. The molecule has 0 aromatic carbocycles. The van der Waals surface area contributed by atoms with Gasteiger partial charge in [-0.3, -0.25) is 9.78 Å². The summed E-state index contributed by atoms with van der Waals surface area (Å²) in [5.74, 6) is -0.964. The van der Waals surface area contributed by atoms with Crippen molar-refractivity contribution in [3.63, 3.8) is 0 Å². The quantitative estimate of drug-likeness (QED) is 0.775. The Morgan fingerprint density at radius 2 is 1.90 bits per heavy atom. The molecule has 0 aliphatic heterocycles. The van der Waals surface area contributed by atoms with Gasteiger partial charge in [-0.2, -0.15) is 0 Å². The lowest BCUT2D eigenvalue weighted by molar-refractivity contribution is -0.150. The van der Waals surface area contributed by atoms with Crippen LogP contribution in [0.15, 0.2) is 18.3 Å². The second-order valence-electron chi connectivity index (χ2n) is 6.13. The predicted octanol–water partition coefficient (Wildman–Crippen LogP) is 2.08. The number of carbonyl (C=O) groups excluding carboxylic acids is 1. The summed E-state index contributed by atoms with van der Waals surface area (Å²) in [5, 5.41) is 14.7. The van der Waals surface area contributed by atoms with Crippen molar-refractivity contribution in [3.8, 4) is 0 Å². The van der Waals surface area contributed by atoms with Gasteiger partial charge in [-0.05, 0) is 46.2 Å². The molecule has 0 atom stereocenters. The zero-order valence-corrected chi connectivity index (χ0v) is 13.2. The maximum Gasteiger partial charge on any atom is 0.315 e. The molecule has 21 heavy (non-hydrogen) atoms. The van der Waals surface area contributed by atoms with E-state index in [4.69, 9.17) is 0 Å². The molecule has 0 fully saturated rings. The topological polar surface area (TPSA) is 91.3 Å². The lowest BCUT2D eigenvalue weighted by Gasteiger charge is -2.38. The molecule has 6 heteroatoms. The van der Waals surface area contributed by atoms with Crippen LogP contribution in [0.1, 0.15) is 39.0 Å². The number of hydrogen-bond donors (Lipinski definition) is 3. The van der Waals surface area contributed by atoms with E-state index in [1.54, 1.807) is 33.9 Å². The number of aliphatic carboxylic acids is 1. The molecular weight excluding hydrogens is 270 g/mol. The van der Waals surface area contributed by atoms with Crippen molar-refractivity contribution in [3.05, 3.63) is 29.6 Å². The molecule has 3 N–H and O–H groups in total. The van der Waals surface area contributed by atoms with Gasteiger partial charge in [-0.15, -0.1) is 0 Å². The van der Waals surface area contributed by atoms with E-state index in [1.807, 2.05) is 19.1 Å². The molecule has 0 aliphatic rings. The molecule has 0 spiro atoms. The Morgan fingerprint density at radius 3 is 2.43 bits per heavy atom. The Labute approximate surface area is 125 Å². The van der Waals surface area contributed by atoms with Crippen LogP contribution in [0, 0.1) is 12.3 Å². The molecule has 1 heterocycles. The third kappa shape index (κ3) is 3.93. The van der Waals surface area contributed by atoms with E-state index >= 15 is 0 Å². The normalized spacial score (nSPS) is 11.9. The number of pyridine rings is 1. The van der Waals surface area contributed by atoms with E-state index in [-0.39, 0.29) is 0 Å². The van der Waals surface area contributed by atoms with Gasteiger partial charge in [0.15, 0.2) is 0 Å². The third-order valence-electron chi connectivity index (χ3n) is 4.06. The summed E-state index contributed by atoms with van der Waals surface area (Å²) in [6, 6.07) is 3.33. The van der Waals surface area contributed by atoms with Gasteiger partial charge in [0, 0.05) is 6.20 Å². The first-order valence-corrected chi connectivity index (χ1v) is 6.78. The minimum absolute atomic E-state index is 0.294. The first-order valence-electron chi connectivity index (χ1n) is 6.78. The minimum Gasteiger partial charge on any atom is -0.481 e. The highest BCUT2D eigenvalue weighted by Crippen LogP contribution is 2.30. The Kier molecular flexibility index (Phi) is 4.93. The van der Waals surface area contributed by atoms with Crippen LogP contribution < -0.4 is 10.6 Å². The average Bonchev–Trinajstić information content (AvgIpc) is 2.36. The van der Waals surface area contributed by atoms with Crippen LogP contribution in [-0.2, 0) is 11.3 Å². The van der Waals surface area contributed by atoms with Gasteiger partial charge in [-0.1, -0.05) is 6.07 Å². The maximum absolute atomic E-state index is 12.0.